The van der Waals surface area contributed by atoms with E-state index in [2.05, 4.69) is 27.8 Å². The average molecular weight is 436 g/mol. The number of amides is 1. The molecule has 1 unspecified atom stereocenters. The SMILES string of the molecule is COC(=O)c1c(NC(=O)CSc2nnnn2C2CCCC2)sc2c1CCC(C)C2. The van der Waals surface area contributed by atoms with Gasteiger partial charge in [0.05, 0.1) is 24.5 Å². The number of hydrogen-bond acceptors (Lipinski definition) is 8. The highest BCUT2D eigenvalue weighted by Crippen LogP contribution is 2.40. The number of rotatable bonds is 6. The smallest absolute Gasteiger partial charge is 0.341 e. The number of thioether (sulfide) groups is 1. The fraction of sp³-hybridized carbons (Fsp3) is 0.632. The number of anilines is 1. The Morgan fingerprint density at radius 1 is 1.31 bits per heavy atom. The third-order valence-corrected chi connectivity index (χ3v) is 7.72. The quantitative estimate of drug-likeness (QED) is 0.548. The monoisotopic (exact) mass is 435 g/mol. The van der Waals surface area contributed by atoms with Gasteiger partial charge in [-0.05, 0) is 54.0 Å². The molecular weight excluding hydrogens is 410 g/mol. The number of tetrazole rings is 1. The van der Waals surface area contributed by atoms with Crippen LogP contribution in [0, 0.1) is 5.92 Å². The van der Waals surface area contributed by atoms with Crippen LogP contribution in [0.2, 0.25) is 0 Å². The Morgan fingerprint density at radius 2 is 2.10 bits per heavy atom. The van der Waals surface area contributed by atoms with Crippen molar-refractivity contribution in [3.63, 3.8) is 0 Å². The molecule has 2 heterocycles. The average Bonchev–Trinajstić information content (AvgIpc) is 3.44. The second-order valence-electron chi connectivity index (χ2n) is 7.73. The number of hydrogen-bond donors (Lipinski definition) is 1. The van der Waals surface area contributed by atoms with Crippen molar-refractivity contribution in [1.82, 2.24) is 20.2 Å². The van der Waals surface area contributed by atoms with Crippen molar-refractivity contribution in [2.75, 3.05) is 18.2 Å². The molecule has 2 aromatic heterocycles. The van der Waals surface area contributed by atoms with E-state index in [-0.39, 0.29) is 17.6 Å². The lowest BCUT2D eigenvalue weighted by molar-refractivity contribution is -0.113. The number of nitrogens with one attached hydrogen (secondary N) is 1. The van der Waals surface area contributed by atoms with E-state index in [0.717, 1.165) is 37.7 Å². The van der Waals surface area contributed by atoms with E-state index in [1.165, 1.54) is 47.9 Å². The molecule has 2 aliphatic rings. The van der Waals surface area contributed by atoms with Gasteiger partial charge in [-0.15, -0.1) is 16.4 Å². The summed E-state index contributed by atoms with van der Waals surface area (Å²) >= 11 is 2.82. The molecule has 1 saturated carbocycles. The van der Waals surface area contributed by atoms with Gasteiger partial charge in [0.25, 0.3) is 0 Å². The predicted molar refractivity (Wildman–Crippen MR) is 112 cm³/mol. The number of ether oxygens (including phenoxy) is 1. The Labute approximate surface area is 177 Å². The summed E-state index contributed by atoms with van der Waals surface area (Å²) < 4.78 is 6.83. The molecule has 29 heavy (non-hydrogen) atoms. The number of aromatic nitrogens is 4. The first-order chi connectivity index (χ1) is 14.1. The van der Waals surface area contributed by atoms with Gasteiger partial charge in [-0.1, -0.05) is 31.5 Å². The summed E-state index contributed by atoms with van der Waals surface area (Å²) in [6.07, 6.45) is 7.35. The standard InChI is InChI=1S/C19H25N5O3S2/c1-11-7-8-13-14(9-11)29-17(16(13)18(26)27-2)20-15(25)10-28-19-21-22-23-24(19)12-5-3-4-6-12/h11-12H,3-10H2,1-2H3,(H,20,25). The summed E-state index contributed by atoms with van der Waals surface area (Å²) in [6, 6.07) is 0.326. The zero-order valence-electron chi connectivity index (χ0n) is 16.6. The number of methoxy groups -OCH3 is 1. The first-order valence-corrected chi connectivity index (χ1v) is 11.8. The number of esters is 1. The van der Waals surface area contributed by atoms with Crippen LogP contribution in [0.3, 0.4) is 0 Å². The van der Waals surface area contributed by atoms with Gasteiger partial charge < -0.3 is 10.1 Å². The van der Waals surface area contributed by atoms with Crippen molar-refractivity contribution in [3.05, 3.63) is 16.0 Å². The minimum atomic E-state index is -0.384. The van der Waals surface area contributed by atoms with E-state index in [1.807, 2.05) is 4.68 Å². The van der Waals surface area contributed by atoms with Gasteiger partial charge in [-0.2, -0.15) is 0 Å². The van der Waals surface area contributed by atoms with E-state index in [0.29, 0.717) is 27.7 Å². The van der Waals surface area contributed by atoms with Gasteiger partial charge in [0.1, 0.15) is 5.00 Å². The van der Waals surface area contributed by atoms with Gasteiger partial charge >= 0.3 is 5.97 Å². The minimum Gasteiger partial charge on any atom is -0.465 e. The summed E-state index contributed by atoms with van der Waals surface area (Å²) in [4.78, 5) is 26.2. The van der Waals surface area contributed by atoms with Crippen LogP contribution >= 0.6 is 23.1 Å². The Balaban J connectivity index is 1.45. The van der Waals surface area contributed by atoms with Crippen molar-refractivity contribution in [2.45, 2.75) is 63.1 Å². The molecule has 2 aliphatic carbocycles. The molecule has 0 radical (unpaired) electrons. The molecule has 4 rings (SSSR count). The van der Waals surface area contributed by atoms with E-state index in [4.69, 9.17) is 4.74 Å². The van der Waals surface area contributed by atoms with Crippen molar-refractivity contribution in [1.29, 1.82) is 0 Å². The van der Waals surface area contributed by atoms with Gasteiger partial charge in [-0.25, -0.2) is 9.48 Å². The maximum absolute atomic E-state index is 12.6. The Kier molecular flexibility index (Phi) is 6.19. The molecule has 0 saturated heterocycles. The first-order valence-electron chi connectivity index (χ1n) is 10.00. The molecular formula is C19H25N5O3S2. The molecule has 8 nitrogen and oxygen atoms in total. The highest BCUT2D eigenvalue weighted by molar-refractivity contribution is 7.99. The molecule has 2 aromatic rings. The molecule has 156 valence electrons. The van der Waals surface area contributed by atoms with Crippen LogP contribution in [0.1, 0.15) is 65.9 Å². The summed E-state index contributed by atoms with van der Waals surface area (Å²) in [5.41, 5.74) is 1.56. The molecule has 0 aromatic carbocycles. The Hall–Kier alpha value is -1.94. The summed E-state index contributed by atoms with van der Waals surface area (Å²) in [5.74, 6) is 0.213. The molecule has 1 fully saturated rings. The second kappa shape index (κ2) is 8.83. The molecule has 10 heteroatoms. The lowest BCUT2D eigenvalue weighted by atomic mass is 9.88. The number of thiophene rings is 1. The number of carbonyl (C=O) groups excluding carboxylic acids is 2. The Morgan fingerprint density at radius 3 is 2.86 bits per heavy atom. The zero-order valence-corrected chi connectivity index (χ0v) is 18.3. The highest BCUT2D eigenvalue weighted by Gasteiger charge is 2.29. The Bertz CT molecular complexity index is 904. The predicted octanol–water partition coefficient (Wildman–Crippen LogP) is 3.49. The van der Waals surface area contributed by atoms with Crippen molar-refractivity contribution in [2.24, 2.45) is 5.92 Å². The van der Waals surface area contributed by atoms with Crippen molar-refractivity contribution < 1.29 is 14.3 Å². The molecule has 0 bridgehead atoms. The number of carbonyl (C=O) groups is 2. The fourth-order valence-electron chi connectivity index (χ4n) is 4.11. The highest BCUT2D eigenvalue weighted by atomic mass is 32.2. The van der Waals surface area contributed by atoms with Crippen molar-refractivity contribution in [3.8, 4) is 0 Å². The summed E-state index contributed by atoms with van der Waals surface area (Å²) in [6.45, 7) is 2.21. The van der Waals surface area contributed by atoms with Crippen LogP contribution in [0.25, 0.3) is 0 Å². The van der Waals surface area contributed by atoms with E-state index in [1.54, 1.807) is 0 Å². The van der Waals surface area contributed by atoms with Gasteiger partial charge in [0.2, 0.25) is 11.1 Å². The van der Waals surface area contributed by atoms with Crippen LogP contribution < -0.4 is 5.32 Å². The maximum Gasteiger partial charge on any atom is 0.341 e. The minimum absolute atomic E-state index is 0.173. The molecule has 0 aliphatic heterocycles. The van der Waals surface area contributed by atoms with E-state index < -0.39 is 0 Å². The lowest BCUT2D eigenvalue weighted by Gasteiger charge is -2.18. The van der Waals surface area contributed by atoms with Gasteiger partial charge in [0, 0.05) is 4.88 Å². The van der Waals surface area contributed by atoms with Crippen LogP contribution in [0.15, 0.2) is 5.16 Å². The number of fused-ring (bicyclic) bond motifs is 1. The fourth-order valence-corrected chi connectivity index (χ4v) is 6.27. The van der Waals surface area contributed by atoms with Gasteiger partial charge in [0.15, 0.2) is 0 Å². The summed E-state index contributed by atoms with van der Waals surface area (Å²) in [7, 11) is 1.38. The summed E-state index contributed by atoms with van der Waals surface area (Å²) in [5, 5.41) is 16.1. The topological polar surface area (TPSA) is 99.0 Å². The van der Waals surface area contributed by atoms with Gasteiger partial charge in [-0.3, -0.25) is 4.79 Å². The second-order valence-corrected chi connectivity index (χ2v) is 9.78. The van der Waals surface area contributed by atoms with Crippen molar-refractivity contribution >= 4 is 40.0 Å². The molecule has 1 amide bonds. The molecule has 1 N–H and O–H groups in total. The van der Waals surface area contributed by atoms with E-state index >= 15 is 0 Å². The van der Waals surface area contributed by atoms with E-state index in [9.17, 15) is 9.59 Å². The first kappa shape index (κ1) is 20.3. The van der Waals surface area contributed by atoms with Crippen LogP contribution in [-0.4, -0.2) is 44.9 Å². The molecule has 0 spiro atoms. The number of nitrogens with zero attached hydrogens (tertiary/aromatic N) is 4. The van der Waals surface area contributed by atoms with Crippen LogP contribution in [0.5, 0.6) is 0 Å². The normalized spacial score (nSPS) is 19.2. The third-order valence-electron chi connectivity index (χ3n) is 5.62. The third kappa shape index (κ3) is 4.32. The maximum atomic E-state index is 12.6. The zero-order chi connectivity index (χ0) is 20.4. The lowest BCUT2D eigenvalue weighted by Crippen LogP contribution is -2.17. The largest absolute Gasteiger partial charge is 0.465 e. The van der Waals surface area contributed by atoms with Crippen LogP contribution in [0.4, 0.5) is 5.00 Å². The van der Waals surface area contributed by atoms with Crippen LogP contribution in [-0.2, 0) is 22.4 Å². The molecule has 1 atom stereocenters.